The first-order chi connectivity index (χ1) is 10.5. The van der Waals surface area contributed by atoms with Gasteiger partial charge in [-0.25, -0.2) is 0 Å². The van der Waals surface area contributed by atoms with Crippen LogP contribution in [0.5, 0.6) is 0 Å². The molecule has 3 aromatic rings. The maximum Gasteiger partial charge on any atom is 0.261 e. The molecule has 2 aromatic heterocycles. The van der Waals surface area contributed by atoms with Crippen molar-refractivity contribution in [1.29, 1.82) is 0 Å². The second-order valence-electron chi connectivity index (χ2n) is 5.23. The van der Waals surface area contributed by atoms with Crippen molar-refractivity contribution in [2.75, 3.05) is 6.54 Å². The quantitative estimate of drug-likeness (QED) is 0.722. The van der Waals surface area contributed by atoms with E-state index in [1.54, 1.807) is 19.1 Å². The van der Waals surface area contributed by atoms with Gasteiger partial charge in [-0.15, -0.1) is 11.3 Å². The molecule has 1 atom stereocenters. The van der Waals surface area contributed by atoms with Crippen LogP contribution >= 0.6 is 27.3 Å². The Labute approximate surface area is 139 Å². The minimum atomic E-state index is -1.27. The third-order valence-electron chi connectivity index (χ3n) is 3.34. The Kier molecular flexibility index (Phi) is 4.08. The normalized spacial score (nSPS) is 14.0. The lowest BCUT2D eigenvalue weighted by Gasteiger charge is -2.20. The molecule has 0 bridgehead atoms. The van der Waals surface area contributed by atoms with Crippen LogP contribution in [0.25, 0.3) is 11.0 Å². The smallest absolute Gasteiger partial charge is 0.261 e. The lowest BCUT2D eigenvalue weighted by Crippen LogP contribution is -2.38. The summed E-state index contributed by atoms with van der Waals surface area (Å²) in [7, 11) is 0. The molecule has 1 amide bonds. The Balaban J connectivity index is 1.74. The minimum Gasteiger partial charge on any atom is -0.458 e. The third kappa shape index (κ3) is 3.09. The van der Waals surface area contributed by atoms with E-state index >= 15 is 0 Å². The Morgan fingerprint density at radius 3 is 2.86 bits per heavy atom. The summed E-state index contributed by atoms with van der Waals surface area (Å²) in [6, 6.07) is 11.1. The fraction of sp³-hybridized carbons (Fsp3) is 0.188. The van der Waals surface area contributed by atoms with E-state index in [-0.39, 0.29) is 12.5 Å². The van der Waals surface area contributed by atoms with Crippen molar-refractivity contribution >= 4 is 44.1 Å². The number of rotatable bonds is 4. The first kappa shape index (κ1) is 15.3. The fourth-order valence-corrected chi connectivity index (χ4v) is 3.45. The molecule has 0 aliphatic rings. The van der Waals surface area contributed by atoms with E-state index < -0.39 is 5.60 Å². The van der Waals surface area contributed by atoms with Crippen LogP contribution < -0.4 is 5.32 Å². The molecule has 2 heterocycles. The highest BCUT2D eigenvalue weighted by atomic mass is 79.9. The Hall–Kier alpha value is -1.63. The van der Waals surface area contributed by atoms with E-state index in [4.69, 9.17) is 4.42 Å². The van der Waals surface area contributed by atoms with E-state index in [9.17, 15) is 9.90 Å². The molecule has 0 spiro atoms. The summed E-state index contributed by atoms with van der Waals surface area (Å²) >= 11 is 4.66. The highest BCUT2D eigenvalue weighted by molar-refractivity contribution is 9.10. The lowest BCUT2D eigenvalue weighted by atomic mass is 10.0. The van der Waals surface area contributed by atoms with Crippen LogP contribution in [-0.4, -0.2) is 17.6 Å². The summed E-state index contributed by atoms with van der Waals surface area (Å²) in [5.41, 5.74) is -0.560. The van der Waals surface area contributed by atoms with Crippen molar-refractivity contribution < 1.29 is 14.3 Å². The first-order valence-corrected chi connectivity index (χ1v) is 8.37. The molecule has 6 heteroatoms. The van der Waals surface area contributed by atoms with Gasteiger partial charge in [-0.05, 0) is 41.1 Å². The maximum atomic E-state index is 12.0. The average Bonchev–Trinajstić information content (AvgIpc) is 3.11. The lowest BCUT2D eigenvalue weighted by molar-refractivity contribution is 0.0345. The fourth-order valence-electron chi connectivity index (χ4n) is 2.11. The summed E-state index contributed by atoms with van der Waals surface area (Å²) in [4.78, 5) is 12.6. The van der Waals surface area contributed by atoms with Crippen molar-refractivity contribution in [3.63, 3.8) is 0 Å². The molecule has 1 aromatic carbocycles. The highest BCUT2D eigenvalue weighted by Crippen LogP contribution is 2.27. The van der Waals surface area contributed by atoms with Gasteiger partial charge in [0, 0.05) is 15.2 Å². The molecule has 2 N–H and O–H groups in total. The summed E-state index contributed by atoms with van der Waals surface area (Å²) in [6.07, 6.45) is 0. The number of nitrogens with one attached hydrogen (secondary N) is 1. The zero-order valence-electron chi connectivity index (χ0n) is 11.8. The van der Waals surface area contributed by atoms with Crippen LogP contribution in [-0.2, 0) is 5.60 Å². The van der Waals surface area contributed by atoms with Gasteiger partial charge in [0.05, 0.1) is 11.4 Å². The van der Waals surface area contributed by atoms with Crippen LogP contribution in [0.2, 0.25) is 0 Å². The minimum absolute atomic E-state index is 0.0706. The number of amides is 1. The standard InChI is InChI=1S/C16H14BrNO3S/c1-16(20,9-18-15(19)13-7-11(17)8-22-13)14-6-10-4-2-3-5-12(10)21-14/h2-8,20H,9H2,1H3,(H,18,19)/t16-/m1/s1. The molecule has 0 saturated heterocycles. The average molecular weight is 380 g/mol. The number of benzene rings is 1. The number of hydrogen-bond acceptors (Lipinski definition) is 4. The van der Waals surface area contributed by atoms with Gasteiger partial charge < -0.3 is 14.8 Å². The SMILES string of the molecule is C[C@@](O)(CNC(=O)c1cc(Br)cs1)c1cc2ccccc2o1. The molecule has 0 unspecified atom stereocenters. The molecular weight excluding hydrogens is 366 g/mol. The topological polar surface area (TPSA) is 62.5 Å². The molecule has 3 rings (SSSR count). The van der Waals surface area contributed by atoms with Gasteiger partial charge in [-0.2, -0.15) is 0 Å². The highest BCUT2D eigenvalue weighted by Gasteiger charge is 2.28. The Morgan fingerprint density at radius 1 is 1.41 bits per heavy atom. The molecule has 0 fully saturated rings. The molecule has 0 aliphatic heterocycles. The zero-order valence-corrected chi connectivity index (χ0v) is 14.2. The van der Waals surface area contributed by atoms with Crippen LogP contribution in [0.4, 0.5) is 0 Å². The maximum absolute atomic E-state index is 12.0. The predicted octanol–water partition coefficient (Wildman–Crippen LogP) is 3.89. The second kappa shape index (κ2) is 5.87. The predicted molar refractivity (Wildman–Crippen MR) is 90.1 cm³/mol. The number of para-hydroxylation sites is 1. The molecule has 22 heavy (non-hydrogen) atoms. The Bertz CT molecular complexity index is 789. The van der Waals surface area contributed by atoms with Crippen LogP contribution in [0.3, 0.4) is 0 Å². The monoisotopic (exact) mass is 379 g/mol. The molecule has 0 radical (unpaired) electrons. The van der Waals surface area contributed by atoms with E-state index in [1.807, 2.05) is 29.6 Å². The molecule has 114 valence electrons. The number of carbonyl (C=O) groups is 1. The number of fused-ring (bicyclic) bond motifs is 1. The number of halogens is 1. The molecule has 0 saturated carbocycles. The third-order valence-corrected chi connectivity index (χ3v) is 5.03. The number of furan rings is 1. The van der Waals surface area contributed by atoms with Gasteiger partial charge in [0.1, 0.15) is 16.9 Å². The van der Waals surface area contributed by atoms with Crippen LogP contribution in [0.15, 0.2) is 50.7 Å². The van der Waals surface area contributed by atoms with Crippen LogP contribution in [0, 0.1) is 0 Å². The summed E-state index contributed by atoms with van der Waals surface area (Å²) < 4.78 is 6.54. The van der Waals surface area contributed by atoms with Crippen LogP contribution in [0.1, 0.15) is 22.4 Å². The van der Waals surface area contributed by atoms with Crippen molar-refractivity contribution in [3.8, 4) is 0 Å². The first-order valence-electron chi connectivity index (χ1n) is 6.69. The van der Waals surface area contributed by atoms with E-state index in [0.717, 1.165) is 9.86 Å². The summed E-state index contributed by atoms with van der Waals surface area (Å²) in [5, 5.41) is 16.1. The van der Waals surface area contributed by atoms with Gasteiger partial charge in [-0.1, -0.05) is 18.2 Å². The number of carbonyl (C=O) groups excluding carboxylic acids is 1. The number of hydrogen-bond donors (Lipinski definition) is 2. The van der Waals surface area contributed by atoms with Gasteiger partial charge in [0.2, 0.25) is 0 Å². The van der Waals surface area contributed by atoms with E-state index in [0.29, 0.717) is 16.2 Å². The second-order valence-corrected chi connectivity index (χ2v) is 7.06. The van der Waals surface area contributed by atoms with Gasteiger partial charge >= 0.3 is 0 Å². The van der Waals surface area contributed by atoms with E-state index in [2.05, 4.69) is 21.2 Å². The van der Waals surface area contributed by atoms with Gasteiger partial charge in [0.25, 0.3) is 5.91 Å². The van der Waals surface area contributed by atoms with Crippen molar-refractivity contribution in [1.82, 2.24) is 5.32 Å². The summed E-state index contributed by atoms with van der Waals surface area (Å²) in [6.45, 7) is 1.69. The molecule has 4 nitrogen and oxygen atoms in total. The van der Waals surface area contributed by atoms with Gasteiger partial charge in [0.15, 0.2) is 0 Å². The number of thiophene rings is 1. The number of aliphatic hydroxyl groups is 1. The van der Waals surface area contributed by atoms with Crippen molar-refractivity contribution in [3.05, 3.63) is 56.9 Å². The van der Waals surface area contributed by atoms with E-state index in [1.165, 1.54) is 11.3 Å². The summed E-state index contributed by atoms with van der Waals surface area (Å²) in [5.74, 6) is 0.216. The Morgan fingerprint density at radius 2 is 2.18 bits per heavy atom. The van der Waals surface area contributed by atoms with Crippen molar-refractivity contribution in [2.24, 2.45) is 0 Å². The molecule has 0 aliphatic carbocycles. The van der Waals surface area contributed by atoms with Gasteiger partial charge in [-0.3, -0.25) is 4.79 Å². The largest absolute Gasteiger partial charge is 0.458 e. The van der Waals surface area contributed by atoms with Crippen molar-refractivity contribution in [2.45, 2.75) is 12.5 Å². The zero-order chi connectivity index (χ0) is 15.7. The molecular formula is C16H14BrNO3S.